The summed E-state index contributed by atoms with van der Waals surface area (Å²) in [6, 6.07) is 16.1. The SMILES string of the molecule is CCN(N)c1ccc(C(CC(=O)ONC)c2ccc3c(c2)CN(C(=O)c2ccc(C)c(C)c2)CC3)c(C)c1N. The third-order valence-electron chi connectivity index (χ3n) is 7.83. The molecule has 4 rings (SSSR count). The molecule has 206 valence electrons. The van der Waals surface area contributed by atoms with E-state index in [0.717, 1.165) is 39.9 Å². The zero-order chi connectivity index (χ0) is 28.3. The molecule has 0 spiro atoms. The lowest BCUT2D eigenvalue weighted by Crippen LogP contribution is -2.36. The topological polar surface area (TPSA) is 114 Å². The molecule has 1 aliphatic heterocycles. The summed E-state index contributed by atoms with van der Waals surface area (Å²) in [4.78, 5) is 33.0. The minimum Gasteiger partial charge on any atom is -0.397 e. The highest BCUT2D eigenvalue weighted by Crippen LogP contribution is 2.37. The number of carbonyl (C=O) groups excluding carboxylic acids is 2. The minimum atomic E-state index is -0.372. The highest BCUT2D eigenvalue weighted by molar-refractivity contribution is 5.94. The molecule has 1 aliphatic rings. The highest BCUT2D eigenvalue weighted by Gasteiger charge is 2.27. The number of nitrogen functional groups attached to an aromatic ring is 1. The van der Waals surface area contributed by atoms with Crippen molar-refractivity contribution in [2.45, 2.75) is 53.0 Å². The van der Waals surface area contributed by atoms with Crippen molar-refractivity contribution in [1.82, 2.24) is 10.4 Å². The maximum Gasteiger partial charge on any atom is 0.325 e. The Kier molecular flexibility index (Phi) is 8.57. The molecule has 8 heteroatoms. The summed E-state index contributed by atoms with van der Waals surface area (Å²) in [6.45, 7) is 9.78. The summed E-state index contributed by atoms with van der Waals surface area (Å²) in [7, 11) is 1.56. The first-order chi connectivity index (χ1) is 18.6. The second-order valence-corrected chi connectivity index (χ2v) is 10.2. The van der Waals surface area contributed by atoms with Gasteiger partial charge in [-0.25, -0.2) is 5.84 Å². The van der Waals surface area contributed by atoms with E-state index in [-0.39, 0.29) is 24.2 Å². The number of hydrogen-bond acceptors (Lipinski definition) is 7. The number of nitrogens with one attached hydrogen (secondary N) is 1. The monoisotopic (exact) mass is 529 g/mol. The van der Waals surface area contributed by atoms with Crippen LogP contribution < -0.4 is 22.1 Å². The van der Waals surface area contributed by atoms with Gasteiger partial charge in [0.2, 0.25) is 0 Å². The van der Waals surface area contributed by atoms with Crippen LogP contribution in [-0.2, 0) is 22.6 Å². The summed E-state index contributed by atoms with van der Waals surface area (Å²) < 4.78 is 0. The number of hydrogen-bond donors (Lipinski definition) is 3. The van der Waals surface area contributed by atoms with Crippen molar-refractivity contribution in [3.8, 4) is 0 Å². The molecule has 0 fully saturated rings. The van der Waals surface area contributed by atoms with Crippen molar-refractivity contribution in [2.75, 3.05) is 30.9 Å². The van der Waals surface area contributed by atoms with Crippen molar-refractivity contribution < 1.29 is 14.4 Å². The number of carbonyl (C=O) groups is 2. The predicted octanol–water partition coefficient (Wildman–Crippen LogP) is 4.29. The second-order valence-electron chi connectivity index (χ2n) is 10.2. The Morgan fingerprint density at radius 2 is 1.82 bits per heavy atom. The number of rotatable bonds is 8. The molecule has 1 unspecified atom stereocenters. The van der Waals surface area contributed by atoms with Gasteiger partial charge in [-0.1, -0.05) is 30.3 Å². The van der Waals surface area contributed by atoms with E-state index in [2.05, 4.69) is 23.7 Å². The van der Waals surface area contributed by atoms with Gasteiger partial charge < -0.3 is 20.5 Å². The molecule has 0 aliphatic carbocycles. The second kappa shape index (κ2) is 11.9. The third kappa shape index (κ3) is 5.92. The van der Waals surface area contributed by atoms with E-state index in [1.54, 1.807) is 12.1 Å². The van der Waals surface area contributed by atoms with Crippen LogP contribution in [0.5, 0.6) is 0 Å². The molecule has 8 nitrogen and oxygen atoms in total. The standard InChI is InChI=1S/C31H39N5O3/c1-6-36(33)28-12-11-26(21(4)30(28)32)27(17-29(37)39-34-5)23-10-9-22-13-14-35(18-25(22)16-23)31(38)24-8-7-19(2)20(3)15-24/h7-12,15-16,27,34H,6,13-14,17-18,32-33H2,1-5H3. The molecule has 3 aromatic rings. The molecule has 0 bridgehead atoms. The fourth-order valence-corrected chi connectivity index (χ4v) is 5.28. The Morgan fingerprint density at radius 3 is 2.51 bits per heavy atom. The van der Waals surface area contributed by atoms with E-state index in [0.29, 0.717) is 30.9 Å². The molecule has 1 amide bonds. The van der Waals surface area contributed by atoms with Crippen LogP contribution in [0, 0.1) is 20.8 Å². The van der Waals surface area contributed by atoms with Gasteiger partial charge in [-0.15, -0.1) is 0 Å². The van der Waals surface area contributed by atoms with Crippen molar-refractivity contribution in [2.24, 2.45) is 5.84 Å². The van der Waals surface area contributed by atoms with Crippen LogP contribution in [0.25, 0.3) is 0 Å². The molecule has 0 aromatic heterocycles. The van der Waals surface area contributed by atoms with E-state index >= 15 is 0 Å². The van der Waals surface area contributed by atoms with Crippen LogP contribution in [0.4, 0.5) is 11.4 Å². The molecule has 0 saturated heterocycles. The third-order valence-corrected chi connectivity index (χ3v) is 7.83. The van der Waals surface area contributed by atoms with Gasteiger partial charge in [0.25, 0.3) is 5.91 Å². The van der Waals surface area contributed by atoms with Crippen LogP contribution in [0.15, 0.2) is 48.5 Å². The minimum absolute atomic E-state index is 0.0322. The molecule has 1 heterocycles. The Labute approximate surface area is 230 Å². The van der Waals surface area contributed by atoms with E-state index in [9.17, 15) is 9.59 Å². The van der Waals surface area contributed by atoms with Crippen LogP contribution in [-0.4, -0.2) is 36.9 Å². The van der Waals surface area contributed by atoms with Gasteiger partial charge in [0.15, 0.2) is 0 Å². The number of nitrogens with two attached hydrogens (primary N) is 2. The number of hydroxylamine groups is 1. The first-order valence-electron chi connectivity index (χ1n) is 13.4. The zero-order valence-corrected chi connectivity index (χ0v) is 23.5. The molecule has 39 heavy (non-hydrogen) atoms. The van der Waals surface area contributed by atoms with Crippen molar-refractivity contribution in [1.29, 1.82) is 0 Å². The maximum absolute atomic E-state index is 13.4. The fraction of sp³-hybridized carbons (Fsp3) is 0.355. The highest BCUT2D eigenvalue weighted by atomic mass is 16.7. The molecular formula is C31H39N5O3. The Hall–Kier alpha value is -3.88. The van der Waals surface area contributed by atoms with E-state index in [1.807, 2.05) is 62.9 Å². The number of aryl methyl sites for hydroxylation is 2. The van der Waals surface area contributed by atoms with E-state index in [4.69, 9.17) is 16.4 Å². The molecule has 0 saturated carbocycles. The average molecular weight is 530 g/mol. The molecule has 5 N–H and O–H groups in total. The summed E-state index contributed by atoms with van der Waals surface area (Å²) in [5.41, 5.74) is 18.4. The zero-order valence-electron chi connectivity index (χ0n) is 23.5. The lowest BCUT2D eigenvalue weighted by atomic mass is 9.83. The fourth-order valence-electron chi connectivity index (χ4n) is 5.28. The number of amides is 1. The summed E-state index contributed by atoms with van der Waals surface area (Å²) in [5.74, 6) is 5.51. The first kappa shape index (κ1) is 28.1. The van der Waals surface area contributed by atoms with Gasteiger partial charge in [-0.05, 0) is 91.3 Å². The Morgan fingerprint density at radius 1 is 1.05 bits per heavy atom. The number of benzene rings is 3. The molecule has 0 radical (unpaired) electrons. The van der Waals surface area contributed by atoms with Crippen LogP contribution in [0.3, 0.4) is 0 Å². The Bertz CT molecular complexity index is 1390. The summed E-state index contributed by atoms with van der Waals surface area (Å²) in [5, 5.41) is 1.61. The van der Waals surface area contributed by atoms with E-state index < -0.39 is 0 Å². The van der Waals surface area contributed by atoms with Gasteiger partial charge in [-0.2, -0.15) is 5.48 Å². The quantitative estimate of drug-likeness (QED) is 0.227. The molecular weight excluding hydrogens is 490 g/mol. The lowest BCUT2D eigenvalue weighted by molar-refractivity contribution is -0.150. The number of nitrogens with zero attached hydrogens (tertiary/aromatic N) is 2. The van der Waals surface area contributed by atoms with Crippen LogP contribution in [0.1, 0.15) is 68.6 Å². The number of fused-ring (bicyclic) bond motifs is 1. The van der Waals surface area contributed by atoms with Crippen LogP contribution >= 0.6 is 0 Å². The van der Waals surface area contributed by atoms with E-state index in [1.165, 1.54) is 11.1 Å². The van der Waals surface area contributed by atoms with Crippen molar-refractivity contribution >= 4 is 23.3 Å². The van der Waals surface area contributed by atoms with Crippen molar-refractivity contribution in [3.63, 3.8) is 0 Å². The van der Waals surface area contributed by atoms with Gasteiger partial charge in [-0.3, -0.25) is 9.59 Å². The average Bonchev–Trinajstić information content (AvgIpc) is 2.93. The van der Waals surface area contributed by atoms with Gasteiger partial charge in [0.05, 0.1) is 17.8 Å². The molecule has 3 aromatic carbocycles. The number of anilines is 2. The lowest BCUT2D eigenvalue weighted by Gasteiger charge is -2.30. The molecule has 1 atom stereocenters. The summed E-state index contributed by atoms with van der Waals surface area (Å²) in [6.07, 6.45) is 0.910. The van der Waals surface area contributed by atoms with Gasteiger partial charge in [0.1, 0.15) is 0 Å². The first-order valence-corrected chi connectivity index (χ1v) is 13.4. The van der Waals surface area contributed by atoms with Gasteiger partial charge >= 0.3 is 5.97 Å². The maximum atomic E-state index is 13.4. The largest absolute Gasteiger partial charge is 0.397 e. The number of hydrazine groups is 1. The van der Waals surface area contributed by atoms with Crippen LogP contribution in [0.2, 0.25) is 0 Å². The van der Waals surface area contributed by atoms with Crippen molar-refractivity contribution in [3.05, 3.63) is 93.0 Å². The smallest absolute Gasteiger partial charge is 0.325 e. The van der Waals surface area contributed by atoms with Gasteiger partial charge in [0, 0.05) is 38.2 Å². The Balaban J connectivity index is 1.69. The predicted molar refractivity (Wildman–Crippen MR) is 155 cm³/mol. The summed E-state index contributed by atoms with van der Waals surface area (Å²) >= 11 is 0. The normalized spacial score (nSPS) is 13.5.